The predicted molar refractivity (Wildman–Crippen MR) is 217 cm³/mol. The SMILES string of the molecule is c1ccc(-c2nc(-c3ccc(-c4ccc(-n5c6ccccc6c6ccccc65)cc4)cc3)cc(-c3nc(-c4ccccc4)c4ccccc4n3)n2)cc1. The second-order valence-electron chi connectivity index (χ2n) is 13.1. The second-order valence-corrected chi connectivity index (χ2v) is 13.1. The third-order valence-corrected chi connectivity index (χ3v) is 9.86. The van der Waals surface area contributed by atoms with Crippen LogP contribution in [0.3, 0.4) is 0 Å². The fraction of sp³-hybridized carbons (Fsp3) is 0. The fourth-order valence-electron chi connectivity index (χ4n) is 7.27. The molecule has 53 heavy (non-hydrogen) atoms. The molecule has 0 saturated carbocycles. The maximum Gasteiger partial charge on any atom is 0.179 e. The van der Waals surface area contributed by atoms with Crippen molar-refractivity contribution in [3.05, 3.63) is 188 Å². The number of nitrogens with zero attached hydrogens (tertiary/aromatic N) is 5. The van der Waals surface area contributed by atoms with E-state index < -0.39 is 0 Å². The van der Waals surface area contributed by atoms with Crippen LogP contribution in [0.1, 0.15) is 0 Å². The Balaban J connectivity index is 1.04. The molecule has 5 nitrogen and oxygen atoms in total. The van der Waals surface area contributed by atoms with E-state index in [-0.39, 0.29) is 0 Å². The molecule has 0 aliphatic rings. The van der Waals surface area contributed by atoms with Gasteiger partial charge in [-0.3, -0.25) is 0 Å². The maximum absolute atomic E-state index is 5.12. The zero-order chi connectivity index (χ0) is 35.1. The Morgan fingerprint density at radius 1 is 0.321 bits per heavy atom. The summed E-state index contributed by atoms with van der Waals surface area (Å²) in [5.74, 6) is 1.18. The number of para-hydroxylation sites is 3. The zero-order valence-corrected chi connectivity index (χ0v) is 28.6. The van der Waals surface area contributed by atoms with Gasteiger partial charge in [-0.15, -0.1) is 0 Å². The van der Waals surface area contributed by atoms with Gasteiger partial charge in [0.2, 0.25) is 0 Å². The molecular formula is C48H31N5. The van der Waals surface area contributed by atoms with Gasteiger partial charge in [0.25, 0.3) is 0 Å². The molecule has 248 valence electrons. The van der Waals surface area contributed by atoms with Gasteiger partial charge in [0, 0.05) is 38.5 Å². The first-order chi connectivity index (χ1) is 26.3. The van der Waals surface area contributed by atoms with Gasteiger partial charge >= 0.3 is 0 Å². The molecule has 0 amide bonds. The summed E-state index contributed by atoms with van der Waals surface area (Å²) in [7, 11) is 0. The van der Waals surface area contributed by atoms with Crippen molar-refractivity contribution in [2.45, 2.75) is 0 Å². The minimum atomic E-state index is 0.559. The van der Waals surface area contributed by atoms with Crippen molar-refractivity contribution in [2.24, 2.45) is 0 Å². The Morgan fingerprint density at radius 3 is 1.49 bits per heavy atom. The highest BCUT2D eigenvalue weighted by atomic mass is 15.0. The van der Waals surface area contributed by atoms with Crippen molar-refractivity contribution in [1.29, 1.82) is 0 Å². The van der Waals surface area contributed by atoms with Crippen molar-refractivity contribution in [2.75, 3.05) is 0 Å². The van der Waals surface area contributed by atoms with Crippen LogP contribution in [0.2, 0.25) is 0 Å². The van der Waals surface area contributed by atoms with Crippen molar-refractivity contribution < 1.29 is 0 Å². The van der Waals surface area contributed by atoms with E-state index in [9.17, 15) is 0 Å². The molecule has 0 atom stereocenters. The third-order valence-electron chi connectivity index (χ3n) is 9.86. The van der Waals surface area contributed by atoms with Crippen molar-refractivity contribution >= 4 is 32.7 Å². The van der Waals surface area contributed by atoms with Crippen LogP contribution in [0.4, 0.5) is 0 Å². The molecule has 3 heterocycles. The van der Waals surface area contributed by atoms with Gasteiger partial charge in [-0.2, -0.15) is 0 Å². The maximum atomic E-state index is 5.12. The van der Waals surface area contributed by atoms with E-state index in [0.29, 0.717) is 17.3 Å². The summed E-state index contributed by atoms with van der Waals surface area (Å²) in [4.78, 5) is 20.2. The Morgan fingerprint density at radius 2 is 0.830 bits per heavy atom. The van der Waals surface area contributed by atoms with Crippen LogP contribution >= 0.6 is 0 Å². The molecule has 0 fully saturated rings. The summed E-state index contributed by atoms with van der Waals surface area (Å²) < 4.78 is 2.34. The van der Waals surface area contributed by atoms with Gasteiger partial charge in [-0.05, 0) is 47.5 Å². The minimum Gasteiger partial charge on any atom is -0.309 e. The molecule has 0 aliphatic heterocycles. The summed E-state index contributed by atoms with van der Waals surface area (Å²) in [6, 6.07) is 65.1. The molecule has 7 aromatic carbocycles. The lowest BCUT2D eigenvalue weighted by atomic mass is 10.0. The highest BCUT2D eigenvalue weighted by Crippen LogP contribution is 2.34. The predicted octanol–water partition coefficient (Wildman–Crippen LogP) is 11.9. The highest BCUT2D eigenvalue weighted by Gasteiger charge is 2.17. The molecule has 10 rings (SSSR count). The van der Waals surface area contributed by atoms with Gasteiger partial charge in [0.15, 0.2) is 11.6 Å². The highest BCUT2D eigenvalue weighted by molar-refractivity contribution is 6.09. The third kappa shape index (κ3) is 5.52. The first-order valence-corrected chi connectivity index (χ1v) is 17.7. The molecule has 3 aromatic heterocycles. The number of rotatable bonds is 6. The van der Waals surface area contributed by atoms with E-state index in [0.717, 1.165) is 55.8 Å². The summed E-state index contributed by atoms with van der Waals surface area (Å²) in [5.41, 5.74) is 12.0. The van der Waals surface area contributed by atoms with Gasteiger partial charge in [0.1, 0.15) is 5.69 Å². The summed E-state index contributed by atoms with van der Waals surface area (Å²) in [6.45, 7) is 0. The van der Waals surface area contributed by atoms with Crippen molar-refractivity contribution in [1.82, 2.24) is 24.5 Å². The number of fused-ring (bicyclic) bond motifs is 4. The van der Waals surface area contributed by atoms with Gasteiger partial charge in [-0.1, -0.05) is 152 Å². The van der Waals surface area contributed by atoms with Gasteiger partial charge in [-0.25, -0.2) is 19.9 Å². The van der Waals surface area contributed by atoms with Gasteiger partial charge < -0.3 is 4.57 Å². The van der Waals surface area contributed by atoms with E-state index >= 15 is 0 Å². The second kappa shape index (κ2) is 12.8. The quantitative estimate of drug-likeness (QED) is 0.176. The molecular weight excluding hydrogens is 647 g/mol. The summed E-state index contributed by atoms with van der Waals surface area (Å²) >= 11 is 0. The average Bonchev–Trinajstić information content (AvgIpc) is 3.58. The number of hydrogen-bond donors (Lipinski definition) is 0. The lowest BCUT2D eigenvalue weighted by Crippen LogP contribution is -2.00. The van der Waals surface area contributed by atoms with Crippen LogP contribution in [-0.2, 0) is 0 Å². The molecule has 0 N–H and O–H groups in total. The van der Waals surface area contributed by atoms with E-state index in [1.165, 1.54) is 21.8 Å². The smallest absolute Gasteiger partial charge is 0.179 e. The molecule has 0 radical (unpaired) electrons. The summed E-state index contributed by atoms with van der Waals surface area (Å²) in [5, 5.41) is 3.52. The van der Waals surface area contributed by atoms with Crippen LogP contribution in [0.25, 0.3) is 94.9 Å². The number of benzene rings is 7. The minimum absolute atomic E-state index is 0.559. The average molecular weight is 678 g/mol. The fourth-order valence-corrected chi connectivity index (χ4v) is 7.27. The summed E-state index contributed by atoms with van der Waals surface area (Å²) in [6.07, 6.45) is 0. The first kappa shape index (κ1) is 30.6. The van der Waals surface area contributed by atoms with Crippen LogP contribution in [-0.4, -0.2) is 24.5 Å². The Labute approximate surface area is 306 Å². The van der Waals surface area contributed by atoms with Crippen molar-refractivity contribution in [3.63, 3.8) is 0 Å². The van der Waals surface area contributed by atoms with E-state index in [1.54, 1.807) is 0 Å². The monoisotopic (exact) mass is 677 g/mol. The molecule has 0 unspecified atom stereocenters. The topological polar surface area (TPSA) is 56.5 Å². The molecule has 5 heteroatoms. The molecule has 0 saturated heterocycles. The Kier molecular flexibility index (Phi) is 7.40. The normalized spacial score (nSPS) is 11.4. The Hall–Kier alpha value is -7.24. The van der Waals surface area contributed by atoms with Crippen LogP contribution in [0.15, 0.2) is 188 Å². The Bertz CT molecular complexity index is 2860. The lowest BCUT2D eigenvalue weighted by molar-refractivity contribution is 1.13. The van der Waals surface area contributed by atoms with Gasteiger partial charge in [0.05, 0.1) is 27.9 Å². The van der Waals surface area contributed by atoms with E-state index in [4.69, 9.17) is 19.9 Å². The molecule has 10 aromatic rings. The van der Waals surface area contributed by atoms with Crippen molar-refractivity contribution in [3.8, 4) is 62.2 Å². The van der Waals surface area contributed by atoms with Crippen LogP contribution in [0.5, 0.6) is 0 Å². The standard InChI is InChI=1S/C48H31N5/c1-3-13-35(14-4-1)46-40-19-7-10-20-41(40)49-48(52-46)43-31-42(50-47(51-43)36-15-5-2-6-16-36)34-25-23-32(24-26-34)33-27-29-37(30-28-33)53-44-21-11-8-17-38(44)39-18-9-12-22-45(39)53/h1-31H. The first-order valence-electron chi connectivity index (χ1n) is 17.7. The van der Waals surface area contributed by atoms with Crippen LogP contribution < -0.4 is 0 Å². The van der Waals surface area contributed by atoms with Crippen LogP contribution in [0, 0.1) is 0 Å². The largest absolute Gasteiger partial charge is 0.309 e. The molecule has 0 bridgehead atoms. The lowest BCUT2D eigenvalue weighted by Gasteiger charge is -2.12. The van der Waals surface area contributed by atoms with E-state index in [1.807, 2.05) is 72.8 Å². The number of hydrogen-bond acceptors (Lipinski definition) is 4. The van der Waals surface area contributed by atoms with E-state index in [2.05, 4.69) is 120 Å². The number of aromatic nitrogens is 5. The molecule has 0 spiro atoms. The zero-order valence-electron chi connectivity index (χ0n) is 28.6. The molecule has 0 aliphatic carbocycles.